The molecule has 1 saturated heterocycles. The van der Waals surface area contributed by atoms with Crippen LogP contribution in [-0.4, -0.2) is 47.6 Å². The minimum absolute atomic E-state index is 0.0595. The normalized spacial score (nSPS) is 18.8. The quantitative estimate of drug-likeness (QED) is 0.892. The maximum Gasteiger partial charge on any atom is 0.282 e. The molecule has 1 atom stereocenters. The van der Waals surface area contributed by atoms with Crippen LogP contribution in [0, 0.1) is 5.82 Å². The number of aromatic nitrogens is 2. The van der Waals surface area contributed by atoms with Crippen molar-refractivity contribution >= 4 is 16.2 Å². The highest BCUT2D eigenvalue weighted by Gasteiger charge is 2.38. The van der Waals surface area contributed by atoms with Crippen LogP contribution in [0.25, 0.3) is 11.1 Å². The zero-order chi connectivity index (χ0) is 18.2. The fourth-order valence-electron chi connectivity index (χ4n) is 3.04. The van der Waals surface area contributed by atoms with Gasteiger partial charge >= 0.3 is 0 Å². The molecule has 7 nitrogen and oxygen atoms in total. The van der Waals surface area contributed by atoms with Gasteiger partial charge in [0, 0.05) is 32.4 Å². The van der Waals surface area contributed by atoms with Crippen molar-refractivity contribution in [3.63, 3.8) is 0 Å². The largest absolute Gasteiger partial charge is 0.368 e. The van der Waals surface area contributed by atoms with Gasteiger partial charge in [-0.2, -0.15) is 17.0 Å². The summed E-state index contributed by atoms with van der Waals surface area (Å²) in [6, 6.07) is 5.59. The molecule has 1 aliphatic rings. The molecule has 25 heavy (non-hydrogen) atoms. The number of anilines is 1. The van der Waals surface area contributed by atoms with E-state index in [1.807, 2.05) is 0 Å². The highest BCUT2D eigenvalue weighted by atomic mass is 32.2. The second-order valence-corrected chi connectivity index (χ2v) is 8.19. The number of hydrogen-bond donors (Lipinski definition) is 1. The number of halogens is 1. The lowest BCUT2D eigenvalue weighted by Gasteiger charge is -2.27. The topological polar surface area (TPSA) is 92.4 Å². The Hall–Kier alpha value is -2.10. The second kappa shape index (κ2) is 6.66. The molecule has 1 aromatic heterocycles. The van der Waals surface area contributed by atoms with Gasteiger partial charge in [0.15, 0.2) is 0 Å². The van der Waals surface area contributed by atoms with Gasteiger partial charge in [0.05, 0.1) is 11.7 Å². The minimum atomic E-state index is -3.60. The third-order valence-corrected chi connectivity index (χ3v) is 6.20. The van der Waals surface area contributed by atoms with Crippen molar-refractivity contribution in [2.75, 3.05) is 26.4 Å². The first kappa shape index (κ1) is 17.7. The van der Waals surface area contributed by atoms with E-state index in [2.05, 4.69) is 9.97 Å². The Morgan fingerprint density at radius 3 is 2.80 bits per heavy atom. The summed E-state index contributed by atoms with van der Waals surface area (Å²) in [6.07, 6.45) is 2.85. The summed E-state index contributed by atoms with van der Waals surface area (Å²) in [5.41, 5.74) is 7.41. The van der Waals surface area contributed by atoms with E-state index in [4.69, 9.17) is 5.73 Å². The van der Waals surface area contributed by atoms with Crippen molar-refractivity contribution in [3.8, 4) is 11.1 Å². The van der Waals surface area contributed by atoms with Crippen LogP contribution in [0.15, 0.2) is 30.5 Å². The molecule has 0 radical (unpaired) electrons. The summed E-state index contributed by atoms with van der Waals surface area (Å²) in [4.78, 5) is 8.31. The number of nitrogen functional groups attached to an aromatic ring is 1. The molecular weight excluding hydrogens is 345 g/mol. The Labute approximate surface area is 146 Å². The van der Waals surface area contributed by atoms with E-state index < -0.39 is 16.3 Å². The molecule has 134 valence electrons. The average molecular weight is 365 g/mol. The fourth-order valence-corrected chi connectivity index (χ4v) is 4.35. The van der Waals surface area contributed by atoms with E-state index >= 15 is 0 Å². The van der Waals surface area contributed by atoms with Crippen LogP contribution in [0.4, 0.5) is 10.3 Å². The van der Waals surface area contributed by atoms with Crippen molar-refractivity contribution in [1.82, 2.24) is 18.6 Å². The molecule has 2 aromatic rings. The van der Waals surface area contributed by atoms with Crippen molar-refractivity contribution in [2.45, 2.75) is 18.9 Å². The average Bonchev–Trinajstić information content (AvgIpc) is 3.04. The first-order valence-electron chi connectivity index (χ1n) is 7.88. The van der Waals surface area contributed by atoms with Gasteiger partial charge in [0.25, 0.3) is 10.2 Å². The molecule has 0 spiro atoms. The van der Waals surface area contributed by atoms with E-state index in [1.165, 1.54) is 41.0 Å². The van der Waals surface area contributed by atoms with E-state index in [-0.39, 0.29) is 11.8 Å². The lowest BCUT2D eigenvalue weighted by atomic mass is 10.0. The Morgan fingerprint density at radius 1 is 1.36 bits per heavy atom. The van der Waals surface area contributed by atoms with Gasteiger partial charge in [-0.1, -0.05) is 12.1 Å². The summed E-state index contributed by atoms with van der Waals surface area (Å²) in [5.74, 6) is -0.325. The molecule has 1 unspecified atom stereocenters. The number of hydrogen-bond acceptors (Lipinski definition) is 5. The van der Waals surface area contributed by atoms with Crippen molar-refractivity contribution in [1.29, 1.82) is 0 Å². The van der Waals surface area contributed by atoms with Crippen LogP contribution >= 0.6 is 0 Å². The summed E-state index contributed by atoms with van der Waals surface area (Å²) in [6.45, 7) is 0.400. The first-order chi connectivity index (χ1) is 11.8. The molecular formula is C16H20FN5O2S. The van der Waals surface area contributed by atoms with Crippen molar-refractivity contribution in [2.24, 2.45) is 0 Å². The highest BCUT2D eigenvalue weighted by Crippen LogP contribution is 2.38. The summed E-state index contributed by atoms with van der Waals surface area (Å²) in [7, 11) is -0.617. The smallest absolute Gasteiger partial charge is 0.282 e. The molecule has 1 fully saturated rings. The van der Waals surface area contributed by atoms with Gasteiger partial charge in [-0.05, 0) is 30.5 Å². The number of benzene rings is 1. The molecule has 1 aliphatic heterocycles. The van der Waals surface area contributed by atoms with E-state index in [1.54, 1.807) is 12.1 Å². The maximum absolute atomic E-state index is 13.6. The Bertz CT molecular complexity index is 888. The van der Waals surface area contributed by atoms with Gasteiger partial charge in [-0.15, -0.1) is 0 Å². The molecule has 0 amide bonds. The molecule has 1 aromatic carbocycles. The van der Waals surface area contributed by atoms with Crippen LogP contribution in [0.5, 0.6) is 0 Å². The monoisotopic (exact) mass is 365 g/mol. The Morgan fingerprint density at radius 2 is 2.12 bits per heavy atom. The molecule has 2 heterocycles. The lowest BCUT2D eigenvalue weighted by Crippen LogP contribution is -2.39. The van der Waals surface area contributed by atoms with Gasteiger partial charge in [-0.25, -0.2) is 14.4 Å². The highest BCUT2D eigenvalue weighted by molar-refractivity contribution is 7.86. The summed E-state index contributed by atoms with van der Waals surface area (Å²) in [5, 5.41) is 0. The van der Waals surface area contributed by atoms with Crippen molar-refractivity contribution in [3.05, 3.63) is 42.0 Å². The lowest BCUT2D eigenvalue weighted by molar-refractivity contribution is 0.358. The first-order valence-corrected chi connectivity index (χ1v) is 9.28. The maximum atomic E-state index is 13.6. The molecule has 2 N–H and O–H groups in total. The zero-order valence-electron chi connectivity index (χ0n) is 14.1. The van der Waals surface area contributed by atoms with Crippen LogP contribution in [0.3, 0.4) is 0 Å². The third-order valence-electron chi connectivity index (χ3n) is 4.25. The predicted octanol–water partition coefficient (Wildman–Crippen LogP) is 1.81. The molecule has 9 heteroatoms. The Balaban J connectivity index is 2.12. The third kappa shape index (κ3) is 3.35. The predicted molar refractivity (Wildman–Crippen MR) is 93.1 cm³/mol. The molecule has 0 bridgehead atoms. The number of rotatable bonds is 4. The molecule has 3 rings (SSSR count). The van der Waals surface area contributed by atoms with Crippen LogP contribution in [-0.2, 0) is 10.2 Å². The van der Waals surface area contributed by atoms with Crippen LogP contribution < -0.4 is 5.73 Å². The van der Waals surface area contributed by atoms with Gasteiger partial charge < -0.3 is 5.73 Å². The summed E-state index contributed by atoms with van der Waals surface area (Å²) < 4.78 is 41.5. The number of nitrogens with two attached hydrogens (primary N) is 1. The van der Waals surface area contributed by atoms with E-state index in [9.17, 15) is 12.8 Å². The number of nitrogens with zero attached hydrogens (tertiary/aromatic N) is 4. The Kier molecular flexibility index (Phi) is 4.72. The fraction of sp³-hybridized carbons (Fsp3) is 0.375. The zero-order valence-corrected chi connectivity index (χ0v) is 14.9. The second-order valence-electron chi connectivity index (χ2n) is 6.10. The van der Waals surface area contributed by atoms with E-state index in [0.717, 1.165) is 0 Å². The van der Waals surface area contributed by atoms with Gasteiger partial charge in [-0.3, -0.25) is 0 Å². The van der Waals surface area contributed by atoms with Crippen LogP contribution in [0.2, 0.25) is 0 Å². The standard InChI is InChI=1S/C16H20FN5O2S/c1-21(2)25(23,24)22-8-4-7-14(22)15-13(10-19-16(18)20-15)11-5-3-6-12(17)9-11/h3,5-6,9-10,14H,4,7-8H2,1-2H3,(H2,18,19,20). The SMILES string of the molecule is CN(C)S(=O)(=O)N1CCCC1c1nc(N)ncc1-c1cccc(F)c1. The molecule has 0 saturated carbocycles. The minimum Gasteiger partial charge on any atom is -0.368 e. The van der Waals surface area contributed by atoms with Gasteiger partial charge in [0.1, 0.15) is 5.82 Å². The molecule has 0 aliphatic carbocycles. The summed E-state index contributed by atoms with van der Waals surface area (Å²) >= 11 is 0. The van der Waals surface area contributed by atoms with E-state index in [0.29, 0.717) is 36.2 Å². The van der Waals surface area contributed by atoms with Crippen LogP contribution in [0.1, 0.15) is 24.6 Å². The van der Waals surface area contributed by atoms with Gasteiger partial charge in [0.2, 0.25) is 5.95 Å². The van der Waals surface area contributed by atoms with Crippen molar-refractivity contribution < 1.29 is 12.8 Å².